The highest BCUT2D eigenvalue weighted by molar-refractivity contribution is 6.44. The van der Waals surface area contributed by atoms with E-state index in [-0.39, 0.29) is 15.9 Å². The van der Waals surface area contributed by atoms with Gasteiger partial charge in [-0.1, -0.05) is 41.7 Å². The molecule has 0 saturated carbocycles. The highest BCUT2D eigenvalue weighted by atomic mass is 35.5. The number of amides is 1. The van der Waals surface area contributed by atoms with Gasteiger partial charge in [-0.3, -0.25) is 4.79 Å². The Morgan fingerprint density at radius 3 is 2.35 bits per heavy atom. The summed E-state index contributed by atoms with van der Waals surface area (Å²) in [6, 6.07) is 8.35. The Labute approximate surface area is 148 Å². The Kier molecular flexibility index (Phi) is 6.10. The van der Waals surface area contributed by atoms with Gasteiger partial charge in [0, 0.05) is 0 Å². The van der Waals surface area contributed by atoms with Crippen LogP contribution in [0.2, 0.25) is 15.1 Å². The number of nitrogens with one attached hydrogen (secondary N) is 1. The predicted molar refractivity (Wildman–Crippen MR) is 91.2 cm³/mol. The van der Waals surface area contributed by atoms with Crippen LogP contribution in [0.25, 0.3) is 0 Å². The van der Waals surface area contributed by atoms with Crippen LogP contribution in [0.5, 0.6) is 5.75 Å². The van der Waals surface area contributed by atoms with E-state index in [0.717, 1.165) is 0 Å². The van der Waals surface area contributed by atoms with Gasteiger partial charge in [0.15, 0.2) is 6.10 Å². The number of carbonyl (C=O) groups excluding carboxylic acids is 1. The molecule has 23 heavy (non-hydrogen) atoms. The van der Waals surface area contributed by atoms with Crippen LogP contribution in [-0.4, -0.2) is 12.0 Å². The third kappa shape index (κ3) is 4.74. The Morgan fingerprint density at radius 2 is 1.74 bits per heavy atom. The summed E-state index contributed by atoms with van der Waals surface area (Å²) in [6.45, 7) is 1.80. The lowest BCUT2D eigenvalue weighted by atomic mass is 10.2. The van der Waals surface area contributed by atoms with E-state index in [1.807, 2.05) is 0 Å². The van der Waals surface area contributed by atoms with Crippen molar-refractivity contribution in [2.45, 2.75) is 19.4 Å². The second-order valence-corrected chi connectivity index (χ2v) is 5.93. The molecule has 1 unspecified atom stereocenters. The molecular weight excluding hydrogens is 364 g/mol. The van der Waals surface area contributed by atoms with Crippen molar-refractivity contribution >= 4 is 46.4 Å². The molecule has 0 aliphatic heterocycles. The van der Waals surface area contributed by atoms with E-state index < -0.39 is 12.0 Å². The topological polar surface area (TPSA) is 38.3 Å². The predicted octanol–water partition coefficient (Wildman–Crippen LogP) is 5.58. The van der Waals surface area contributed by atoms with E-state index in [2.05, 4.69) is 5.32 Å². The maximum Gasteiger partial charge on any atom is 0.265 e. The number of rotatable bonds is 5. The molecule has 0 heterocycles. The van der Waals surface area contributed by atoms with E-state index in [9.17, 15) is 9.18 Å². The Morgan fingerprint density at radius 1 is 1.13 bits per heavy atom. The smallest absolute Gasteiger partial charge is 0.265 e. The van der Waals surface area contributed by atoms with Gasteiger partial charge in [0.1, 0.15) is 11.6 Å². The second-order valence-electron chi connectivity index (χ2n) is 4.70. The Bertz CT molecular complexity index is 707. The van der Waals surface area contributed by atoms with Gasteiger partial charge in [0.2, 0.25) is 0 Å². The molecule has 7 heteroatoms. The molecule has 0 saturated heterocycles. The van der Waals surface area contributed by atoms with Crippen molar-refractivity contribution in [3.63, 3.8) is 0 Å². The molecule has 0 aliphatic rings. The molecule has 0 spiro atoms. The number of halogens is 4. The molecule has 0 bridgehead atoms. The fraction of sp³-hybridized carbons (Fsp3) is 0.188. The average molecular weight is 377 g/mol. The summed E-state index contributed by atoms with van der Waals surface area (Å²) in [5.41, 5.74) is 0.340. The van der Waals surface area contributed by atoms with Crippen LogP contribution in [-0.2, 0) is 4.79 Å². The zero-order valence-corrected chi connectivity index (χ0v) is 14.3. The van der Waals surface area contributed by atoms with Crippen LogP contribution in [0.15, 0.2) is 36.4 Å². The van der Waals surface area contributed by atoms with Crippen LogP contribution in [0.4, 0.5) is 10.1 Å². The SMILES string of the molecule is CCC(Oc1ccc(F)cc1)C(=O)Nc1cc(Cl)c(Cl)cc1Cl. The lowest BCUT2D eigenvalue weighted by Crippen LogP contribution is -2.32. The number of hydrogen-bond acceptors (Lipinski definition) is 2. The third-order valence-corrected chi connectivity index (χ3v) is 4.06. The summed E-state index contributed by atoms with van der Waals surface area (Å²) < 4.78 is 18.5. The number of ether oxygens (including phenoxy) is 1. The average Bonchev–Trinajstić information content (AvgIpc) is 2.52. The fourth-order valence-corrected chi connectivity index (χ4v) is 2.43. The number of carbonyl (C=O) groups is 1. The van der Waals surface area contributed by atoms with Crippen molar-refractivity contribution in [3.8, 4) is 5.75 Å². The second kappa shape index (κ2) is 7.86. The normalized spacial score (nSPS) is 11.9. The molecule has 2 rings (SSSR count). The molecule has 2 aromatic carbocycles. The first-order chi connectivity index (χ1) is 10.9. The molecule has 0 fully saturated rings. The van der Waals surface area contributed by atoms with Gasteiger partial charge in [-0.05, 0) is 42.8 Å². The summed E-state index contributed by atoms with van der Waals surface area (Å²) in [6.07, 6.45) is -0.340. The van der Waals surface area contributed by atoms with Crippen molar-refractivity contribution < 1.29 is 13.9 Å². The van der Waals surface area contributed by atoms with Gasteiger partial charge in [0.25, 0.3) is 5.91 Å². The molecule has 2 aromatic rings. The van der Waals surface area contributed by atoms with Gasteiger partial charge in [-0.15, -0.1) is 0 Å². The highest BCUT2D eigenvalue weighted by Gasteiger charge is 2.20. The molecule has 122 valence electrons. The molecule has 1 amide bonds. The Hall–Kier alpha value is -1.49. The lowest BCUT2D eigenvalue weighted by molar-refractivity contribution is -0.122. The van der Waals surface area contributed by atoms with Gasteiger partial charge in [0.05, 0.1) is 20.8 Å². The molecule has 1 atom stereocenters. The minimum atomic E-state index is -0.758. The lowest BCUT2D eigenvalue weighted by Gasteiger charge is -2.18. The zero-order valence-electron chi connectivity index (χ0n) is 12.1. The van der Waals surface area contributed by atoms with Crippen LogP contribution in [0.1, 0.15) is 13.3 Å². The molecule has 0 radical (unpaired) electrons. The van der Waals surface area contributed by atoms with Crippen LogP contribution >= 0.6 is 34.8 Å². The maximum absolute atomic E-state index is 12.9. The van der Waals surface area contributed by atoms with Gasteiger partial charge in [-0.2, -0.15) is 0 Å². The third-order valence-electron chi connectivity index (χ3n) is 3.02. The summed E-state index contributed by atoms with van der Waals surface area (Å²) in [7, 11) is 0. The Balaban J connectivity index is 2.11. The highest BCUT2D eigenvalue weighted by Crippen LogP contribution is 2.32. The minimum Gasteiger partial charge on any atom is -0.481 e. The molecule has 3 nitrogen and oxygen atoms in total. The van der Waals surface area contributed by atoms with Crippen LogP contribution < -0.4 is 10.1 Å². The monoisotopic (exact) mass is 375 g/mol. The zero-order chi connectivity index (χ0) is 17.0. The van der Waals surface area contributed by atoms with Crippen molar-refractivity contribution in [2.24, 2.45) is 0 Å². The maximum atomic E-state index is 12.9. The van der Waals surface area contributed by atoms with Crippen molar-refractivity contribution in [1.82, 2.24) is 0 Å². The molecule has 0 aromatic heterocycles. The first-order valence-corrected chi connectivity index (χ1v) is 7.91. The number of anilines is 1. The molecule has 0 aliphatic carbocycles. The summed E-state index contributed by atoms with van der Waals surface area (Å²) >= 11 is 17.8. The minimum absolute atomic E-state index is 0.268. The summed E-state index contributed by atoms with van der Waals surface area (Å²) in [4.78, 5) is 12.3. The van der Waals surface area contributed by atoms with Gasteiger partial charge < -0.3 is 10.1 Å². The van der Waals surface area contributed by atoms with Crippen molar-refractivity contribution in [1.29, 1.82) is 0 Å². The largest absolute Gasteiger partial charge is 0.481 e. The van der Waals surface area contributed by atoms with E-state index in [0.29, 0.717) is 22.9 Å². The van der Waals surface area contributed by atoms with Crippen LogP contribution in [0.3, 0.4) is 0 Å². The molecule has 1 N–H and O–H groups in total. The van der Waals surface area contributed by atoms with Crippen molar-refractivity contribution in [3.05, 3.63) is 57.3 Å². The van der Waals surface area contributed by atoms with E-state index in [1.54, 1.807) is 6.92 Å². The first-order valence-electron chi connectivity index (χ1n) is 6.78. The quantitative estimate of drug-likeness (QED) is 0.692. The van der Waals surface area contributed by atoms with Gasteiger partial charge in [-0.25, -0.2) is 4.39 Å². The van der Waals surface area contributed by atoms with E-state index in [1.165, 1.54) is 36.4 Å². The number of benzene rings is 2. The van der Waals surface area contributed by atoms with E-state index >= 15 is 0 Å². The fourth-order valence-electron chi connectivity index (χ4n) is 1.83. The van der Waals surface area contributed by atoms with Gasteiger partial charge >= 0.3 is 0 Å². The van der Waals surface area contributed by atoms with Crippen molar-refractivity contribution in [2.75, 3.05) is 5.32 Å². The summed E-state index contributed by atoms with van der Waals surface area (Å²) in [5.74, 6) is -0.372. The van der Waals surface area contributed by atoms with E-state index in [4.69, 9.17) is 39.5 Å². The summed E-state index contributed by atoms with van der Waals surface area (Å²) in [5, 5.41) is 3.49. The standard InChI is InChI=1S/C16H13Cl3FNO2/c1-2-15(23-10-5-3-9(20)4-6-10)16(22)21-14-8-12(18)11(17)7-13(14)19/h3-8,15H,2H2,1H3,(H,21,22). The first kappa shape index (κ1) is 17.9. The number of hydrogen-bond donors (Lipinski definition) is 1. The van der Waals surface area contributed by atoms with Crippen LogP contribution in [0, 0.1) is 5.82 Å². The molecular formula is C16H13Cl3FNO2.